The molecule has 138 valence electrons. The Hall–Kier alpha value is -1.93. The summed E-state index contributed by atoms with van der Waals surface area (Å²) in [4.78, 5) is 26.0. The number of aromatic nitrogens is 2. The van der Waals surface area contributed by atoms with Crippen molar-refractivity contribution in [2.24, 2.45) is 5.73 Å². The lowest BCUT2D eigenvalue weighted by molar-refractivity contribution is -0.122. The van der Waals surface area contributed by atoms with E-state index >= 15 is 0 Å². The highest BCUT2D eigenvalue weighted by molar-refractivity contribution is 5.85. The first-order valence-electron chi connectivity index (χ1n) is 9.13. The van der Waals surface area contributed by atoms with Crippen molar-refractivity contribution in [3.63, 3.8) is 0 Å². The maximum absolute atomic E-state index is 12.4. The molecule has 0 saturated carbocycles. The molecule has 2 aliphatic rings. The molecule has 0 aromatic carbocycles. The molecule has 1 aromatic rings. The minimum absolute atomic E-state index is 0.0139. The minimum atomic E-state index is -0.271. The highest BCUT2D eigenvalue weighted by atomic mass is 16.5. The molecule has 2 atom stereocenters. The van der Waals surface area contributed by atoms with Gasteiger partial charge in [-0.1, -0.05) is 6.92 Å². The van der Waals surface area contributed by atoms with Crippen molar-refractivity contribution in [2.75, 3.05) is 49.2 Å². The smallest absolute Gasteiger partial charge is 0.242 e. The molecule has 2 fully saturated rings. The second kappa shape index (κ2) is 7.97. The maximum Gasteiger partial charge on any atom is 0.242 e. The molecular weight excluding hydrogens is 320 g/mol. The number of anilines is 2. The summed E-state index contributed by atoms with van der Waals surface area (Å²) in [5.41, 5.74) is 7.12. The average molecular weight is 348 g/mol. The van der Waals surface area contributed by atoms with E-state index in [1.54, 1.807) is 0 Å². The number of ether oxygens (including phenoxy) is 1. The third-order valence-corrected chi connectivity index (χ3v) is 4.69. The van der Waals surface area contributed by atoms with E-state index in [1.165, 1.54) is 0 Å². The zero-order chi connectivity index (χ0) is 17.8. The van der Waals surface area contributed by atoms with E-state index in [4.69, 9.17) is 15.5 Å². The van der Waals surface area contributed by atoms with E-state index in [9.17, 15) is 4.79 Å². The van der Waals surface area contributed by atoms with Crippen molar-refractivity contribution in [1.29, 1.82) is 0 Å². The van der Waals surface area contributed by atoms with Crippen LogP contribution in [0.2, 0.25) is 0 Å². The van der Waals surface area contributed by atoms with E-state index in [-0.39, 0.29) is 18.0 Å². The van der Waals surface area contributed by atoms with Crippen LogP contribution in [-0.2, 0) is 16.0 Å². The van der Waals surface area contributed by atoms with Gasteiger partial charge in [0.1, 0.15) is 11.9 Å². The second-order valence-corrected chi connectivity index (χ2v) is 6.53. The van der Waals surface area contributed by atoms with Crippen LogP contribution in [0.25, 0.3) is 0 Å². The fourth-order valence-electron chi connectivity index (χ4n) is 3.36. The Morgan fingerprint density at radius 2 is 2.12 bits per heavy atom. The van der Waals surface area contributed by atoms with E-state index in [0.717, 1.165) is 31.0 Å². The number of aryl methyl sites for hydroxylation is 1. The second-order valence-electron chi connectivity index (χ2n) is 6.53. The zero-order valence-electron chi connectivity index (χ0n) is 15.1. The van der Waals surface area contributed by atoms with Gasteiger partial charge < -0.3 is 25.6 Å². The Kier molecular flexibility index (Phi) is 5.70. The zero-order valence-corrected chi connectivity index (χ0v) is 15.1. The maximum atomic E-state index is 12.4. The molecule has 8 heteroatoms. The summed E-state index contributed by atoms with van der Waals surface area (Å²) in [6.07, 6.45) is 1.46. The molecule has 8 nitrogen and oxygen atoms in total. The Morgan fingerprint density at radius 1 is 1.36 bits per heavy atom. The van der Waals surface area contributed by atoms with Crippen LogP contribution in [0.3, 0.4) is 0 Å². The van der Waals surface area contributed by atoms with Gasteiger partial charge in [0.15, 0.2) is 0 Å². The topological polar surface area (TPSA) is 96.6 Å². The monoisotopic (exact) mass is 348 g/mol. The molecule has 3 N–H and O–H groups in total. The molecule has 0 bridgehead atoms. The van der Waals surface area contributed by atoms with Gasteiger partial charge >= 0.3 is 0 Å². The van der Waals surface area contributed by atoms with Crippen molar-refractivity contribution >= 4 is 17.7 Å². The lowest BCUT2D eigenvalue weighted by Crippen LogP contribution is -2.44. The number of morpholine rings is 1. The van der Waals surface area contributed by atoms with Crippen LogP contribution in [0.15, 0.2) is 6.07 Å². The first-order chi connectivity index (χ1) is 12.1. The third-order valence-electron chi connectivity index (χ3n) is 4.69. The predicted molar refractivity (Wildman–Crippen MR) is 96.9 cm³/mol. The molecule has 1 amide bonds. The quantitative estimate of drug-likeness (QED) is 0.768. The van der Waals surface area contributed by atoms with Crippen LogP contribution in [0, 0.1) is 0 Å². The van der Waals surface area contributed by atoms with Crippen LogP contribution in [-0.4, -0.2) is 67.4 Å². The number of hydrogen-bond donors (Lipinski definition) is 2. The lowest BCUT2D eigenvalue weighted by atomic mass is 10.1. The summed E-state index contributed by atoms with van der Waals surface area (Å²) in [6, 6.07) is 1.68. The molecule has 0 unspecified atom stereocenters. The van der Waals surface area contributed by atoms with Crippen molar-refractivity contribution in [1.82, 2.24) is 15.3 Å². The number of rotatable bonds is 5. The third kappa shape index (κ3) is 4.01. The first kappa shape index (κ1) is 17.9. The summed E-state index contributed by atoms with van der Waals surface area (Å²) in [7, 11) is 0. The molecule has 1 aromatic heterocycles. The van der Waals surface area contributed by atoms with E-state index < -0.39 is 0 Å². The van der Waals surface area contributed by atoms with Crippen molar-refractivity contribution in [2.45, 2.75) is 38.8 Å². The van der Waals surface area contributed by atoms with Crippen LogP contribution in [0.1, 0.15) is 26.0 Å². The first-order valence-corrected chi connectivity index (χ1v) is 9.13. The van der Waals surface area contributed by atoms with Gasteiger partial charge in [0, 0.05) is 44.0 Å². The fourth-order valence-corrected chi connectivity index (χ4v) is 3.36. The molecular formula is C17H28N6O2. The Morgan fingerprint density at radius 3 is 2.80 bits per heavy atom. The van der Waals surface area contributed by atoms with Crippen LogP contribution < -0.4 is 20.9 Å². The molecule has 0 spiro atoms. The number of nitrogens with zero attached hydrogens (tertiary/aromatic N) is 4. The lowest BCUT2D eigenvalue weighted by Gasteiger charge is -2.29. The minimum Gasteiger partial charge on any atom is -0.378 e. The number of nitrogens with one attached hydrogen (secondary N) is 1. The Balaban J connectivity index is 1.90. The largest absolute Gasteiger partial charge is 0.378 e. The summed E-state index contributed by atoms with van der Waals surface area (Å²) < 4.78 is 5.42. The van der Waals surface area contributed by atoms with Gasteiger partial charge in [0.25, 0.3) is 0 Å². The van der Waals surface area contributed by atoms with Gasteiger partial charge in [-0.05, 0) is 19.8 Å². The Bertz CT molecular complexity index is 605. The van der Waals surface area contributed by atoms with Crippen LogP contribution >= 0.6 is 0 Å². The number of carbonyl (C=O) groups is 1. The highest BCUT2D eigenvalue weighted by Crippen LogP contribution is 2.26. The standard InChI is InChI=1S/C17H28N6O2/c1-3-13-10-15(21-17(20-13)22-5-7-25-8-6-22)23-11-12(18)9-14(23)16(24)19-4-2/h10,12,14H,3-9,11,18H2,1-2H3,(H,19,24)/t12-,14-/m0/s1. The fraction of sp³-hybridized carbons (Fsp3) is 0.706. The Labute approximate surface area is 148 Å². The molecule has 3 rings (SSSR count). The van der Waals surface area contributed by atoms with Crippen LogP contribution in [0.5, 0.6) is 0 Å². The summed E-state index contributed by atoms with van der Waals surface area (Å²) in [5, 5.41) is 2.91. The van der Waals surface area contributed by atoms with Crippen LogP contribution in [0.4, 0.5) is 11.8 Å². The number of likely N-dealkylation sites (N-methyl/N-ethyl adjacent to an activating group) is 1. The molecule has 2 saturated heterocycles. The van der Waals surface area contributed by atoms with Gasteiger partial charge in [0.2, 0.25) is 11.9 Å². The highest BCUT2D eigenvalue weighted by Gasteiger charge is 2.36. The number of hydrogen-bond acceptors (Lipinski definition) is 7. The van der Waals surface area contributed by atoms with Gasteiger partial charge in [-0.25, -0.2) is 4.98 Å². The number of amides is 1. The van der Waals surface area contributed by atoms with Crippen molar-refractivity contribution in [3.8, 4) is 0 Å². The van der Waals surface area contributed by atoms with Gasteiger partial charge in [-0.15, -0.1) is 0 Å². The number of nitrogens with two attached hydrogens (primary N) is 1. The molecule has 25 heavy (non-hydrogen) atoms. The normalized spacial score (nSPS) is 23.8. The summed E-state index contributed by atoms with van der Waals surface area (Å²) >= 11 is 0. The van der Waals surface area contributed by atoms with Crippen molar-refractivity contribution < 1.29 is 9.53 Å². The summed E-state index contributed by atoms with van der Waals surface area (Å²) in [5.74, 6) is 1.52. The summed E-state index contributed by atoms with van der Waals surface area (Å²) in [6.45, 7) is 8.18. The average Bonchev–Trinajstić information content (AvgIpc) is 3.04. The van der Waals surface area contributed by atoms with Gasteiger partial charge in [-0.3, -0.25) is 4.79 Å². The molecule has 3 heterocycles. The molecule has 0 aliphatic carbocycles. The van der Waals surface area contributed by atoms with E-state index in [0.29, 0.717) is 38.7 Å². The molecule has 0 radical (unpaired) electrons. The molecule has 2 aliphatic heterocycles. The SMILES string of the molecule is CCNC(=O)[C@@H]1C[C@H](N)CN1c1cc(CC)nc(N2CCOCC2)n1. The van der Waals surface area contributed by atoms with E-state index in [2.05, 4.69) is 22.1 Å². The predicted octanol–water partition coefficient (Wildman–Crippen LogP) is -0.0823. The van der Waals surface area contributed by atoms with Gasteiger partial charge in [-0.2, -0.15) is 4.98 Å². The van der Waals surface area contributed by atoms with Crippen molar-refractivity contribution in [3.05, 3.63) is 11.8 Å². The van der Waals surface area contributed by atoms with Gasteiger partial charge in [0.05, 0.1) is 13.2 Å². The number of carbonyl (C=O) groups excluding carboxylic acids is 1. The van der Waals surface area contributed by atoms with E-state index in [1.807, 2.05) is 17.9 Å².